The summed E-state index contributed by atoms with van der Waals surface area (Å²) in [6, 6.07) is 17.3. The van der Waals surface area contributed by atoms with Crippen molar-refractivity contribution in [1.29, 1.82) is 0 Å². The molecule has 0 radical (unpaired) electrons. The standard InChI is InChI=1S/C29H29N5O2/c1-19(2)18-36-24-9-5-7-22(14-24)29(35)31-25-15-27(21(4)13-20(25)3)33-11-12-34-28(33)16-26(32-34)23-8-6-10-30-17-23/h5-17,19H,18H2,1-4H3,(H,31,35). The predicted molar refractivity (Wildman–Crippen MR) is 142 cm³/mol. The molecule has 1 amide bonds. The highest BCUT2D eigenvalue weighted by Gasteiger charge is 2.15. The van der Waals surface area contributed by atoms with Gasteiger partial charge in [-0.15, -0.1) is 0 Å². The molecule has 0 aliphatic carbocycles. The van der Waals surface area contributed by atoms with Crippen molar-refractivity contribution >= 4 is 17.2 Å². The van der Waals surface area contributed by atoms with Crippen LogP contribution in [0.2, 0.25) is 0 Å². The molecule has 2 aromatic carbocycles. The Bertz CT molecular complexity index is 1530. The lowest BCUT2D eigenvalue weighted by molar-refractivity contribution is 0.102. The monoisotopic (exact) mass is 479 g/mol. The summed E-state index contributed by atoms with van der Waals surface area (Å²) in [5.74, 6) is 0.925. The molecule has 0 aliphatic heterocycles. The average Bonchev–Trinajstić information content (AvgIpc) is 3.46. The van der Waals surface area contributed by atoms with Crippen LogP contribution in [-0.4, -0.2) is 31.7 Å². The van der Waals surface area contributed by atoms with Gasteiger partial charge < -0.3 is 10.1 Å². The molecule has 0 unspecified atom stereocenters. The Morgan fingerprint density at radius 2 is 1.89 bits per heavy atom. The highest BCUT2D eigenvalue weighted by Crippen LogP contribution is 2.28. The third kappa shape index (κ3) is 4.73. The van der Waals surface area contributed by atoms with Gasteiger partial charge in [0.1, 0.15) is 11.4 Å². The molecule has 0 atom stereocenters. The number of benzene rings is 2. The molecular formula is C29H29N5O2. The van der Waals surface area contributed by atoms with Crippen molar-refractivity contribution in [2.45, 2.75) is 27.7 Å². The summed E-state index contributed by atoms with van der Waals surface area (Å²) in [5, 5.41) is 7.78. The number of hydrogen-bond donors (Lipinski definition) is 1. The van der Waals surface area contributed by atoms with Crippen LogP contribution in [0.25, 0.3) is 22.6 Å². The zero-order valence-electron chi connectivity index (χ0n) is 20.9. The number of hydrogen-bond acceptors (Lipinski definition) is 4. The van der Waals surface area contributed by atoms with Crippen LogP contribution < -0.4 is 10.1 Å². The first-order valence-electron chi connectivity index (χ1n) is 12.0. The number of rotatable bonds is 7. The van der Waals surface area contributed by atoms with Crippen LogP contribution in [0.4, 0.5) is 5.69 Å². The molecule has 0 aliphatic rings. The lowest BCUT2D eigenvalue weighted by atomic mass is 10.1. The van der Waals surface area contributed by atoms with E-state index in [1.165, 1.54) is 0 Å². The Kier molecular flexibility index (Phi) is 6.29. The van der Waals surface area contributed by atoms with Crippen molar-refractivity contribution < 1.29 is 9.53 Å². The number of carbonyl (C=O) groups excluding carboxylic acids is 1. The van der Waals surface area contributed by atoms with Gasteiger partial charge in [-0.25, -0.2) is 4.52 Å². The van der Waals surface area contributed by atoms with Crippen molar-refractivity contribution in [3.05, 3.63) is 96.1 Å². The Hall–Kier alpha value is -4.39. The van der Waals surface area contributed by atoms with Gasteiger partial charge >= 0.3 is 0 Å². The highest BCUT2D eigenvalue weighted by molar-refractivity contribution is 6.05. The fourth-order valence-corrected chi connectivity index (χ4v) is 4.16. The highest BCUT2D eigenvalue weighted by atomic mass is 16.5. The normalized spacial score (nSPS) is 11.2. The number of aryl methyl sites for hydroxylation is 2. The second-order valence-electron chi connectivity index (χ2n) is 9.38. The maximum absolute atomic E-state index is 13.1. The number of ether oxygens (including phenoxy) is 1. The number of fused-ring (bicyclic) bond motifs is 1. The van der Waals surface area contributed by atoms with Gasteiger partial charge in [0.15, 0.2) is 0 Å². The van der Waals surface area contributed by atoms with Crippen molar-refractivity contribution in [3.63, 3.8) is 0 Å². The summed E-state index contributed by atoms with van der Waals surface area (Å²) in [6.07, 6.45) is 7.46. The van der Waals surface area contributed by atoms with E-state index in [1.54, 1.807) is 24.5 Å². The summed E-state index contributed by atoms with van der Waals surface area (Å²) in [6.45, 7) is 8.86. The summed E-state index contributed by atoms with van der Waals surface area (Å²) in [5.41, 5.74) is 7.10. The van der Waals surface area contributed by atoms with Gasteiger partial charge in [-0.3, -0.25) is 14.3 Å². The quantitative estimate of drug-likeness (QED) is 0.307. The van der Waals surface area contributed by atoms with Crippen molar-refractivity contribution in [2.75, 3.05) is 11.9 Å². The molecule has 0 spiro atoms. The first-order chi connectivity index (χ1) is 17.4. The lowest BCUT2D eigenvalue weighted by Gasteiger charge is -2.15. The first-order valence-corrected chi connectivity index (χ1v) is 12.0. The van der Waals surface area contributed by atoms with E-state index in [0.29, 0.717) is 23.8 Å². The van der Waals surface area contributed by atoms with E-state index in [9.17, 15) is 4.79 Å². The number of anilines is 1. The van der Waals surface area contributed by atoms with Crippen LogP contribution in [0.5, 0.6) is 5.75 Å². The molecule has 0 saturated carbocycles. The van der Waals surface area contributed by atoms with Gasteiger partial charge in [0.25, 0.3) is 5.91 Å². The van der Waals surface area contributed by atoms with Gasteiger partial charge in [-0.1, -0.05) is 26.0 Å². The minimum Gasteiger partial charge on any atom is -0.493 e. The molecule has 36 heavy (non-hydrogen) atoms. The Morgan fingerprint density at radius 1 is 1.03 bits per heavy atom. The molecule has 1 N–H and O–H groups in total. The summed E-state index contributed by atoms with van der Waals surface area (Å²) in [4.78, 5) is 17.3. The molecule has 0 saturated heterocycles. The van der Waals surface area contributed by atoms with E-state index in [2.05, 4.69) is 41.7 Å². The van der Waals surface area contributed by atoms with Crippen molar-refractivity contribution in [3.8, 4) is 22.7 Å². The fraction of sp³-hybridized carbons (Fsp3) is 0.207. The maximum Gasteiger partial charge on any atom is 0.255 e. The lowest BCUT2D eigenvalue weighted by Crippen LogP contribution is -2.14. The van der Waals surface area contributed by atoms with Crippen molar-refractivity contribution in [2.24, 2.45) is 5.92 Å². The van der Waals surface area contributed by atoms with E-state index < -0.39 is 0 Å². The first kappa shape index (κ1) is 23.4. The summed E-state index contributed by atoms with van der Waals surface area (Å²) >= 11 is 0. The summed E-state index contributed by atoms with van der Waals surface area (Å²) < 4.78 is 9.73. The van der Waals surface area contributed by atoms with E-state index >= 15 is 0 Å². The summed E-state index contributed by atoms with van der Waals surface area (Å²) in [7, 11) is 0. The molecule has 182 valence electrons. The third-order valence-corrected chi connectivity index (χ3v) is 6.01. The van der Waals surface area contributed by atoms with Crippen LogP contribution in [-0.2, 0) is 0 Å². The smallest absolute Gasteiger partial charge is 0.255 e. The minimum absolute atomic E-state index is 0.177. The topological polar surface area (TPSA) is 73.5 Å². The Labute approximate surface area is 210 Å². The van der Waals surface area contributed by atoms with Gasteiger partial charge in [0, 0.05) is 47.7 Å². The van der Waals surface area contributed by atoms with E-state index in [1.807, 2.05) is 60.2 Å². The Morgan fingerprint density at radius 3 is 2.67 bits per heavy atom. The van der Waals surface area contributed by atoms with Gasteiger partial charge in [-0.2, -0.15) is 5.10 Å². The number of nitrogens with zero attached hydrogens (tertiary/aromatic N) is 4. The molecular weight excluding hydrogens is 450 g/mol. The zero-order valence-corrected chi connectivity index (χ0v) is 20.9. The van der Waals surface area contributed by atoms with E-state index in [-0.39, 0.29) is 5.91 Å². The fourth-order valence-electron chi connectivity index (χ4n) is 4.16. The molecule has 7 nitrogen and oxygen atoms in total. The largest absolute Gasteiger partial charge is 0.493 e. The van der Waals surface area contributed by atoms with Crippen molar-refractivity contribution in [1.82, 2.24) is 19.2 Å². The molecule has 5 rings (SSSR count). The number of nitrogens with one attached hydrogen (secondary N) is 1. The van der Waals surface area contributed by atoms with Crippen LogP contribution in [0.1, 0.15) is 35.3 Å². The Balaban J connectivity index is 1.45. The second-order valence-corrected chi connectivity index (χ2v) is 9.38. The SMILES string of the molecule is Cc1cc(C)c(-n2ccn3nc(-c4cccnc4)cc23)cc1NC(=O)c1cccc(OCC(C)C)c1. The maximum atomic E-state index is 13.1. The average molecular weight is 480 g/mol. The van der Waals surface area contributed by atoms with Crippen LogP contribution in [0.3, 0.4) is 0 Å². The van der Waals surface area contributed by atoms with E-state index in [4.69, 9.17) is 9.84 Å². The number of imidazole rings is 1. The molecule has 3 aromatic heterocycles. The number of amides is 1. The van der Waals surface area contributed by atoms with Crippen LogP contribution in [0.15, 0.2) is 79.4 Å². The number of pyridine rings is 1. The number of carbonyl (C=O) groups is 1. The van der Waals surface area contributed by atoms with Crippen LogP contribution >= 0.6 is 0 Å². The van der Waals surface area contributed by atoms with Gasteiger partial charge in [0.2, 0.25) is 0 Å². The molecule has 5 aromatic rings. The predicted octanol–water partition coefficient (Wildman–Crippen LogP) is 6.09. The number of aromatic nitrogens is 4. The minimum atomic E-state index is -0.177. The molecule has 3 heterocycles. The third-order valence-electron chi connectivity index (χ3n) is 6.01. The molecule has 0 fully saturated rings. The zero-order chi connectivity index (χ0) is 25.2. The van der Waals surface area contributed by atoms with Gasteiger partial charge in [-0.05, 0) is 67.3 Å². The van der Waals surface area contributed by atoms with Crippen LogP contribution in [0, 0.1) is 19.8 Å². The second kappa shape index (κ2) is 9.70. The molecule has 7 heteroatoms. The van der Waals surface area contributed by atoms with E-state index in [0.717, 1.165) is 39.4 Å². The molecule has 0 bridgehead atoms. The van der Waals surface area contributed by atoms with Gasteiger partial charge in [0.05, 0.1) is 18.0 Å².